The summed E-state index contributed by atoms with van der Waals surface area (Å²) in [5, 5.41) is 13.4. The number of alkyl halides is 3. The Morgan fingerprint density at radius 3 is 2.70 bits per heavy atom. The Morgan fingerprint density at radius 1 is 1.50 bits per heavy atom. The molecule has 0 aliphatic carbocycles. The number of rotatable bonds is 1. The number of carbonyl (C=O) groups excluding carboxylic acids is 1. The first-order valence-electron chi connectivity index (χ1n) is 5.58. The molecule has 1 aliphatic rings. The van der Waals surface area contributed by atoms with Gasteiger partial charge in [-0.25, -0.2) is 0 Å². The molecule has 0 saturated heterocycles. The van der Waals surface area contributed by atoms with Crippen LogP contribution in [0.25, 0.3) is 0 Å². The summed E-state index contributed by atoms with van der Waals surface area (Å²) in [4.78, 5) is 12.1. The maximum Gasteiger partial charge on any atom is 0.438 e. The highest BCUT2D eigenvalue weighted by Crippen LogP contribution is 2.40. The van der Waals surface area contributed by atoms with Gasteiger partial charge in [0.1, 0.15) is 0 Å². The number of hydrazone groups is 1. The Labute approximate surface area is 121 Å². The van der Waals surface area contributed by atoms with E-state index >= 15 is 0 Å². The number of amides is 1. The number of hydrogen-bond acceptors (Lipinski definition) is 3. The maximum absolute atomic E-state index is 13.0. The minimum Gasteiger partial charge on any atom is -0.362 e. The van der Waals surface area contributed by atoms with Gasteiger partial charge in [0.2, 0.25) is 0 Å². The van der Waals surface area contributed by atoms with Crippen molar-refractivity contribution in [2.24, 2.45) is 5.10 Å². The summed E-state index contributed by atoms with van der Waals surface area (Å²) in [5.74, 6) is -1.01. The smallest absolute Gasteiger partial charge is 0.362 e. The minimum absolute atomic E-state index is 0.000463. The number of carbonyl (C=O) groups is 1. The van der Waals surface area contributed by atoms with E-state index in [0.29, 0.717) is 4.47 Å². The van der Waals surface area contributed by atoms with Crippen molar-refractivity contribution in [2.45, 2.75) is 25.2 Å². The van der Waals surface area contributed by atoms with Crippen LogP contribution < -0.4 is 0 Å². The highest BCUT2D eigenvalue weighted by atomic mass is 79.9. The zero-order valence-electron chi connectivity index (χ0n) is 10.3. The van der Waals surface area contributed by atoms with Gasteiger partial charge in [0.25, 0.3) is 11.6 Å². The van der Waals surface area contributed by atoms with Crippen molar-refractivity contribution in [3.63, 3.8) is 0 Å². The van der Waals surface area contributed by atoms with E-state index in [1.54, 1.807) is 6.07 Å². The van der Waals surface area contributed by atoms with Crippen LogP contribution in [0.15, 0.2) is 33.8 Å². The molecule has 0 fully saturated rings. The van der Waals surface area contributed by atoms with Gasteiger partial charge in [0.15, 0.2) is 0 Å². The topological polar surface area (TPSA) is 52.9 Å². The van der Waals surface area contributed by atoms with E-state index < -0.39 is 24.2 Å². The fourth-order valence-electron chi connectivity index (χ4n) is 1.90. The number of hydrogen-bond donors (Lipinski definition) is 1. The summed E-state index contributed by atoms with van der Waals surface area (Å²) in [6.45, 7) is 1.32. The summed E-state index contributed by atoms with van der Waals surface area (Å²) in [5.41, 5.74) is -3.26. The van der Waals surface area contributed by atoms with Crippen LogP contribution in [0, 0.1) is 0 Å². The third-order valence-electron chi connectivity index (χ3n) is 2.84. The quantitative estimate of drug-likeness (QED) is 0.846. The lowest BCUT2D eigenvalue weighted by atomic mass is 10.1. The molecule has 1 heterocycles. The van der Waals surface area contributed by atoms with Gasteiger partial charge in [-0.05, 0) is 25.1 Å². The molecule has 4 nitrogen and oxygen atoms in total. The van der Waals surface area contributed by atoms with Gasteiger partial charge in [-0.1, -0.05) is 22.0 Å². The maximum atomic E-state index is 13.0. The van der Waals surface area contributed by atoms with Crippen molar-refractivity contribution >= 4 is 27.5 Å². The van der Waals surface area contributed by atoms with Crippen molar-refractivity contribution in [3.8, 4) is 0 Å². The molecule has 0 unspecified atom stereocenters. The second-order valence-corrected chi connectivity index (χ2v) is 5.37. The Hall–Kier alpha value is -1.41. The number of aliphatic hydroxyl groups is 1. The SMILES string of the molecule is CC1=NN(C(=O)c2cccc(Br)c2)[C@@](O)(C(F)(F)F)C1. The molecule has 1 amide bonds. The van der Waals surface area contributed by atoms with E-state index in [2.05, 4.69) is 21.0 Å². The Morgan fingerprint density at radius 2 is 2.15 bits per heavy atom. The minimum atomic E-state index is -4.99. The van der Waals surface area contributed by atoms with Crippen molar-refractivity contribution in [1.82, 2.24) is 5.01 Å². The lowest BCUT2D eigenvalue weighted by Crippen LogP contribution is -2.56. The molecule has 0 bridgehead atoms. The molecule has 20 heavy (non-hydrogen) atoms. The number of nitrogens with zero attached hydrogens (tertiary/aromatic N) is 2. The lowest BCUT2D eigenvalue weighted by Gasteiger charge is -2.32. The summed E-state index contributed by atoms with van der Waals surface area (Å²) < 4.78 is 39.5. The van der Waals surface area contributed by atoms with Gasteiger partial charge < -0.3 is 5.11 Å². The van der Waals surface area contributed by atoms with E-state index in [4.69, 9.17) is 0 Å². The van der Waals surface area contributed by atoms with Crippen LogP contribution >= 0.6 is 15.9 Å². The second kappa shape index (κ2) is 4.85. The van der Waals surface area contributed by atoms with Crippen LogP contribution in [-0.2, 0) is 0 Å². The molecule has 0 aromatic heterocycles. The standard InChI is InChI=1S/C12H10BrF3N2O2/c1-7-6-11(20,12(14,15)16)18(17-7)10(19)8-3-2-4-9(13)5-8/h2-5,20H,6H2,1H3/t11-/m0/s1. The van der Waals surface area contributed by atoms with Crippen molar-refractivity contribution in [3.05, 3.63) is 34.3 Å². The first-order chi connectivity index (χ1) is 9.15. The highest BCUT2D eigenvalue weighted by molar-refractivity contribution is 9.10. The second-order valence-electron chi connectivity index (χ2n) is 4.45. The van der Waals surface area contributed by atoms with Crippen LogP contribution in [-0.4, -0.2) is 33.6 Å². The van der Waals surface area contributed by atoms with Crippen LogP contribution in [0.1, 0.15) is 23.7 Å². The zero-order chi connectivity index (χ0) is 15.1. The Balaban J connectivity index is 2.42. The van der Waals surface area contributed by atoms with Crippen LogP contribution in [0.2, 0.25) is 0 Å². The first kappa shape index (κ1) is 15.0. The molecule has 1 aromatic rings. The van der Waals surface area contributed by atoms with Gasteiger partial charge in [-0.2, -0.15) is 23.3 Å². The van der Waals surface area contributed by atoms with Crippen LogP contribution in [0.5, 0.6) is 0 Å². The fraction of sp³-hybridized carbons (Fsp3) is 0.333. The van der Waals surface area contributed by atoms with Gasteiger partial charge in [0.05, 0.1) is 0 Å². The number of halogens is 4. The van der Waals surface area contributed by atoms with Crippen molar-refractivity contribution in [2.75, 3.05) is 0 Å². The average Bonchev–Trinajstić information content (AvgIpc) is 2.64. The van der Waals surface area contributed by atoms with Crippen molar-refractivity contribution in [1.29, 1.82) is 0 Å². The monoisotopic (exact) mass is 350 g/mol. The molecule has 1 aromatic carbocycles. The van der Waals surface area contributed by atoms with E-state index in [-0.39, 0.29) is 16.3 Å². The van der Waals surface area contributed by atoms with Gasteiger partial charge in [-0.15, -0.1) is 0 Å². The summed E-state index contributed by atoms with van der Waals surface area (Å²) in [6.07, 6.45) is -5.74. The average molecular weight is 351 g/mol. The number of benzene rings is 1. The van der Waals surface area contributed by atoms with E-state index in [0.717, 1.165) is 0 Å². The van der Waals surface area contributed by atoms with Gasteiger partial charge in [0, 0.05) is 22.2 Å². The zero-order valence-corrected chi connectivity index (χ0v) is 11.9. The van der Waals surface area contributed by atoms with Gasteiger partial charge >= 0.3 is 6.18 Å². The molecule has 2 rings (SSSR count). The molecule has 108 valence electrons. The molecule has 0 spiro atoms. The predicted octanol–water partition coefficient (Wildman–Crippen LogP) is 2.92. The third kappa shape index (κ3) is 2.45. The van der Waals surface area contributed by atoms with E-state index in [1.807, 2.05) is 0 Å². The van der Waals surface area contributed by atoms with Crippen LogP contribution in [0.4, 0.5) is 13.2 Å². The molecule has 1 aliphatic heterocycles. The van der Waals surface area contributed by atoms with Gasteiger partial charge in [-0.3, -0.25) is 4.79 Å². The molecule has 0 saturated carbocycles. The Kier molecular flexibility index (Phi) is 3.64. The third-order valence-corrected chi connectivity index (χ3v) is 3.33. The molecule has 8 heteroatoms. The van der Waals surface area contributed by atoms with Crippen LogP contribution in [0.3, 0.4) is 0 Å². The van der Waals surface area contributed by atoms with E-state index in [1.165, 1.54) is 25.1 Å². The summed E-state index contributed by atoms with van der Waals surface area (Å²) in [7, 11) is 0. The summed E-state index contributed by atoms with van der Waals surface area (Å²) >= 11 is 3.13. The summed E-state index contributed by atoms with van der Waals surface area (Å²) in [6, 6.07) is 5.86. The molecule has 0 radical (unpaired) electrons. The first-order valence-corrected chi connectivity index (χ1v) is 6.38. The fourth-order valence-corrected chi connectivity index (χ4v) is 2.30. The highest BCUT2D eigenvalue weighted by Gasteiger charge is 2.62. The molecular formula is C12H10BrF3N2O2. The van der Waals surface area contributed by atoms with Crippen molar-refractivity contribution < 1.29 is 23.1 Å². The molecule has 1 N–H and O–H groups in total. The largest absolute Gasteiger partial charge is 0.438 e. The molecule has 1 atom stereocenters. The normalized spacial score (nSPS) is 22.9. The van der Waals surface area contributed by atoms with E-state index in [9.17, 15) is 23.1 Å². The lowest BCUT2D eigenvalue weighted by molar-refractivity contribution is -0.297. The predicted molar refractivity (Wildman–Crippen MR) is 69.0 cm³/mol. The molecular weight excluding hydrogens is 341 g/mol. The Bertz CT molecular complexity index is 588.